The van der Waals surface area contributed by atoms with E-state index < -0.39 is 0 Å². The van der Waals surface area contributed by atoms with Crippen LogP contribution in [0.25, 0.3) is 0 Å². The smallest absolute Gasteiger partial charge is 0.0635 e. The fourth-order valence-corrected chi connectivity index (χ4v) is 2.73. The molecule has 1 aromatic rings. The van der Waals surface area contributed by atoms with E-state index in [1.807, 2.05) is 6.20 Å². The van der Waals surface area contributed by atoms with Crippen LogP contribution in [-0.4, -0.2) is 47.9 Å². The lowest BCUT2D eigenvalue weighted by Gasteiger charge is -2.17. The van der Waals surface area contributed by atoms with Gasteiger partial charge in [-0.25, -0.2) is 0 Å². The van der Waals surface area contributed by atoms with Gasteiger partial charge in [-0.2, -0.15) is 5.10 Å². The molecule has 0 saturated heterocycles. The Morgan fingerprint density at radius 1 is 1.40 bits per heavy atom. The van der Waals surface area contributed by atoms with Crippen molar-refractivity contribution in [3.05, 3.63) is 16.4 Å². The van der Waals surface area contributed by atoms with Crippen molar-refractivity contribution < 1.29 is 0 Å². The Bertz CT molecular complexity index is 376. The molecule has 0 amide bonds. The predicted octanol–water partition coefficient (Wildman–Crippen LogP) is 2.92. The summed E-state index contributed by atoms with van der Waals surface area (Å²) in [4.78, 5) is 2.19. The first-order valence-corrected chi connectivity index (χ1v) is 8.46. The zero-order chi connectivity index (χ0) is 15.0. The first-order chi connectivity index (χ1) is 9.58. The van der Waals surface area contributed by atoms with Crippen molar-refractivity contribution in [2.24, 2.45) is 0 Å². The van der Waals surface area contributed by atoms with Crippen LogP contribution in [0.1, 0.15) is 38.8 Å². The molecule has 1 unspecified atom stereocenters. The summed E-state index contributed by atoms with van der Waals surface area (Å²) in [6, 6.07) is 0.610. The lowest BCUT2D eigenvalue weighted by molar-refractivity contribution is 0.367. The van der Waals surface area contributed by atoms with Crippen molar-refractivity contribution in [1.82, 2.24) is 20.0 Å². The molecule has 1 N–H and O–H groups in total. The van der Waals surface area contributed by atoms with E-state index in [9.17, 15) is 0 Å². The summed E-state index contributed by atoms with van der Waals surface area (Å²) < 4.78 is 3.28. The highest BCUT2D eigenvalue weighted by molar-refractivity contribution is 9.10. The summed E-state index contributed by atoms with van der Waals surface area (Å²) >= 11 is 3.63. The van der Waals surface area contributed by atoms with Crippen LogP contribution in [-0.2, 0) is 13.0 Å². The van der Waals surface area contributed by atoms with Gasteiger partial charge in [-0.1, -0.05) is 13.8 Å². The molecule has 0 fully saturated rings. The van der Waals surface area contributed by atoms with Crippen LogP contribution < -0.4 is 5.32 Å². The van der Waals surface area contributed by atoms with E-state index in [-0.39, 0.29) is 0 Å². The van der Waals surface area contributed by atoms with Gasteiger partial charge in [0.1, 0.15) is 0 Å². The molecular weight excluding hydrogens is 316 g/mol. The molecule has 0 saturated carbocycles. The van der Waals surface area contributed by atoms with E-state index in [0.717, 1.165) is 30.5 Å². The van der Waals surface area contributed by atoms with Crippen molar-refractivity contribution >= 4 is 15.9 Å². The molecule has 1 aromatic heterocycles. The van der Waals surface area contributed by atoms with E-state index in [2.05, 4.69) is 63.9 Å². The van der Waals surface area contributed by atoms with Gasteiger partial charge in [0.15, 0.2) is 0 Å². The molecule has 5 heteroatoms. The first-order valence-electron chi connectivity index (χ1n) is 7.66. The standard InChI is InChI=1S/C15H29BrN4/c1-5-9-17-13(6-2)7-8-15-14(16)12-18-20(15)11-10-19(3)4/h12-13,17H,5-11H2,1-4H3. The Balaban J connectivity index is 2.55. The third kappa shape index (κ3) is 5.94. The summed E-state index contributed by atoms with van der Waals surface area (Å²) in [5.74, 6) is 0. The molecule has 4 nitrogen and oxygen atoms in total. The summed E-state index contributed by atoms with van der Waals surface area (Å²) in [5, 5.41) is 8.09. The van der Waals surface area contributed by atoms with Gasteiger partial charge in [0.2, 0.25) is 0 Å². The highest BCUT2D eigenvalue weighted by Gasteiger charge is 2.12. The number of aromatic nitrogens is 2. The van der Waals surface area contributed by atoms with E-state index in [4.69, 9.17) is 0 Å². The van der Waals surface area contributed by atoms with Crippen molar-refractivity contribution in [2.45, 2.75) is 52.1 Å². The first kappa shape index (κ1) is 17.7. The van der Waals surface area contributed by atoms with Crippen LogP contribution in [0.3, 0.4) is 0 Å². The molecule has 0 aromatic carbocycles. The van der Waals surface area contributed by atoms with Gasteiger partial charge in [0, 0.05) is 12.6 Å². The molecule has 116 valence electrons. The maximum absolute atomic E-state index is 4.48. The number of hydrogen-bond donors (Lipinski definition) is 1. The minimum atomic E-state index is 0.610. The maximum Gasteiger partial charge on any atom is 0.0635 e. The van der Waals surface area contributed by atoms with Gasteiger partial charge >= 0.3 is 0 Å². The molecular formula is C15H29BrN4. The van der Waals surface area contributed by atoms with Gasteiger partial charge in [0.25, 0.3) is 0 Å². The number of nitrogens with one attached hydrogen (secondary N) is 1. The Morgan fingerprint density at radius 3 is 2.75 bits per heavy atom. The minimum absolute atomic E-state index is 0.610. The predicted molar refractivity (Wildman–Crippen MR) is 89.2 cm³/mol. The highest BCUT2D eigenvalue weighted by Crippen LogP contribution is 2.19. The largest absolute Gasteiger partial charge is 0.314 e. The molecule has 0 aliphatic heterocycles. The van der Waals surface area contributed by atoms with Crippen LogP contribution in [0.2, 0.25) is 0 Å². The van der Waals surface area contributed by atoms with Crippen molar-refractivity contribution in [2.75, 3.05) is 27.2 Å². The van der Waals surface area contributed by atoms with Gasteiger partial charge in [0.05, 0.1) is 22.9 Å². The van der Waals surface area contributed by atoms with E-state index in [1.165, 1.54) is 25.0 Å². The number of hydrogen-bond acceptors (Lipinski definition) is 3. The zero-order valence-corrected chi connectivity index (χ0v) is 14.9. The number of halogens is 1. The maximum atomic E-state index is 4.48. The van der Waals surface area contributed by atoms with Gasteiger partial charge in [-0.3, -0.25) is 4.68 Å². The molecule has 0 bridgehead atoms. The Kier molecular flexibility index (Phi) is 8.41. The molecule has 0 aliphatic rings. The number of rotatable bonds is 10. The van der Waals surface area contributed by atoms with Crippen LogP contribution >= 0.6 is 15.9 Å². The van der Waals surface area contributed by atoms with Crippen LogP contribution in [0.4, 0.5) is 0 Å². The number of likely N-dealkylation sites (N-methyl/N-ethyl adjacent to an activating group) is 1. The van der Waals surface area contributed by atoms with E-state index >= 15 is 0 Å². The summed E-state index contributed by atoms with van der Waals surface area (Å²) in [7, 11) is 4.19. The molecule has 0 radical (unpaired) electrons. The average molecular weight is 345 g/mol. The SMILES string of the molecule is CCCNC(CC)CCc1c(Br)cnn1CCN(C)C. The fourth-order valence-electron chi connectivity index (χ4n) is 2.23. The Labute approximate surface area is 132 Å². The van der Waals surface area contributed by atoms with Crippen molar-refractivity contribution in [3.63, 3.8) is 0 Å². The normalized spacial score (nSPS) is 13.1. The fraction of sp³-hybridized carbons (Fsp3) is 0.800. The van der Waals surface area contributed by atoms with E-state index in [0.29, 0.717) is 6.04 Å². The molecule has 1 atom stereocenters. The third-order valence-electron chi connectivity index (χ3n) is 3.56. The van der Waals surface area contributed by atoms with Crippen LogP contribution in [0, 0.1) is 0 Å². The second-order valence-corrected chi connectivity index (χ2v) is 6.42. The average Bonchev–Trinajstić information content (AvgIpc) is 2.77. The van der Waals surface area contributed by atoms with Crippen molar-refractivity contribution in [3.8, 4) is 0 Å². The second-order valence-electron chi connectivity index (χ2n) is 5.56. The van der Waals surface area contributed by atoms with Crippen molar-refractivity contribution in [1.29, 1.82) is 0 Å². The van der Waals surface area contributed by atoms with E-state index in [1.54, 1.807) is 0 Å². The lowest BCUT2D eigenvalue weighted by Crippen LogP contribution is -2.30. The molecule has 1 heterocycles. The van der Waals surface area contributed by atoms with Gasteiger partial charge in [-0.15, -0.1) is 0 Å². The molecule has 20 heavy (non-hydrogen) atoms. The molecule has 0 aliphatic carbocycles. The second kappa shape index (κ2) is 9.53. The monoisotopic (exact) mass is 344 g/mol. The summed E-state index contributed by atoms with van der Waals surface area (Å²) in [6.07, 6.45) is 6.54. The highest BCUT2D eigenvalue weighted by atomic mass is 79.9. The van der Waals surface area contributed by atoms with Gasteiger partial charge < -0.3 is 10.2 Å². The number of nitrogens with zero attached hydrogens (tertiary/aromatic N) is 3. The summed E-state index contributed by atoms with van der Waals surface area (Å²) in [6.45, 7) is 7.55. The zero-order valence-electron chi connectivity index (χ0n) is 13.3. The third-order valence-corrected chi connectivity index (χ3v) is 4.22. The Morgan fingerprint density at radius 2 is 2.15 bits per heavy atom. The quantitative estimate of drug-likeness (QED) is 0.708. The summed E-state index contributed by atoms with van der Waals surface area (Å²) in [5.41, 5.74) is 1.32. The molecule has 0 spiro atoms. The minimum Gasteiger partial charge on any atom is -0.314 e. The van der Waals surface area contributed by atoms with Gasteiger partial charge in [-0.05, 0) is 62.3 Å². The van der Waals surface area contributed by atoms with Crippen LogP contribution in [0.5, 0.6) is 0 Å². The topological polar surface area (TPSA) is 33.1 Å². The lowest BCUT2D eigenvalue weighted by atomic mass is 10.1. The molecule has 1 rings (SSSR count). The Hall–Kier alpha value is -0.390. The van der Waals surface area contributed by atoms with Crippen LogP contribution in [0.15, 0.2) is 10.7 Å².